The van der Waals surface area contributed by atoms with Crippen LogP contribution in [-0.2, 0) is 0 Å². The molecule has 0 saturated heterocycles. The molecule has 1 aromatic heterocycles. The zero-order valence-corrected chi connectivity index (χ0v) is 11.0. The third-order valence-electron chi connectivity index (χ3n) is 2.18. The Morgan fingerprint density at radius 2 is 2.22 bits per heavy atom. The van der Waals surface area contributed by atoms with E-state index in [1.807, 2.05) is 0 Å². The van der Waals surface area contributed by atoms with Crippen LogP contribution in [0.5, 0.6) is 5.75 Å². The summed E-state index contributed by atoms with van der Waals surface area (Å²) in [6.45, 7) is 0. The van der Waals surface area contributed by atoms with Crippen LogP contribution in [-0.4, -0.2) is 17.1 Å². The van der Waals surface area contributed by atoms with Crippen LogP contribution in [0, 0.1) is 5.82 Å². The van der Waals surface area contributed by atoms with Gasteiger partial charge in [0.2, 0.25) is 5.95 Å². The van der Waals surface area contributed by atoms with E-state index in [9.17, 15) is 4.39 Å². The van der Waals surface area contributed by atoms with Gasteiger partial charge in [-0.05, 0) is 28.1 Å². The molecule has 94 valence electrons. The number of halogens is 2. The van der Waals surface area contributed by atoms with E-state index in [1.54, 1.807) is 6.07 Å². The zero-order chi connectivity index (χ0) is 13.1. The molecule has 0 aliphatic rings. The number of aromatic nitrogens is 2. The van der Waals surface area contributed by atoms with Crippen molar-refractivity contribution in [3.8, 4) is 5.75 Å². The topological polar surface area (TPSA) is 73.1 Å². The third kappa shape index (κ3) is 2.67. The van der Waals surface area contributed by atoms with E-state index in [0.717, 1.165) is 0 Å². The van der Waals surface area contributed by atoms with E-state index in [4.69, 9.17) is 10.5 Å². The molecule has 2 aromatic rings. The van der Waals surface area contributed by atoms with E-state index in [1.165, 1.54) is 25.4 Å². The highest BCUT2D eigenvalue weighted by Crippen LogP contribution is 2.27. The minimum absolute atomic E-state index is 0.148. The standard InChI is InChI=1S/C11H10BrFN4O/c1-18-9-4-6(2-3-8(9)13)16-10-7(12)5-15-11(14)17-10/h2-5H,1H3,(H3,14,15,16,17). The number of ether oxygens (including phenoxy) is 1. The van der Waals surface area contributed by atoms with Crippen LogP contribution in [0.15, 0.2) is 28.9 Å². The molecule has 5 nitrogen and oxygen atoms in total. The van der Waals surface area contributed by atoms with Crippen molar-refractivity contribution in [2.24, 2.45) is 0 Å². The molecular formula is C11H10BrFN4O. The summed E-state index contributed by atoms with van der Waals surface area (Å²) in [7, 11) is 1.40. The fourth-order valence-electron chi connectivity index (χ4n) is 1.34. The van der Waals surface area contributed by atoms with Gasteiger partial charge in [0.05, 0.1) is 11.6 Å². The van der Waals surface area contributed by atoms with E-state index < -0.39 is 5.82 Å². The summed E-state index contributed by atoms with van der Waals surface area (Å²) >= 11 is 3.29. The van der Waals surface area contributed by atoms with Crippen LogP contribution in [0.2, 0.25) is 0 Å². The average molecular weight is 313 g/mol. The van der Waals surface area contributed by atoms with Gasteiger partial charge in [0, 0.05) is 18.0 Å². The Kier molecular flexibility index (Phi) is 3.61. The average Bonchev–Trinajstić information content (AvgIpc) is 2.36. The van der Waals surface area contributed by atoms with E-state index in [0.29, 0.717) is 16.0 Å². The lowest BCUT2D eigenvalue weighted by Gasteiger charge is -2.09. The smallest absolute Gasteiger partial charge is 0.222 e. The molecule has 0 bridgehead atoms. The maximum atomic E-state index is 13.2. The van der Waals surface area contributed by atoms with Crippen LogP contribution < -0.4 is 15.8 Å². The molecule has 0 atom stereocenters. The molecule has 0 radical (unpaired) electrons. The Balaban J connectivity index is 2.31. The van der Waals surface area contributed by atoms with E-state index in [2.05, 4.69) is 31.2 Å². The number of nitrogens with two attached hydrogens (primary N) is 1. The molecule has 0 aliphatic carbocycles. The normalized spacial score (nSPS) is 10.2. The number of rotatable bonds is 3. The number of benzene rings is 1. The summed E-state index contributed by atoms with van der Waals surface area (Å²) in [5, 5.41) is 2.99. The molecule has 0 unspecified atom stereocenters. The summed E-state index contributed by atoms with van der Waals surface area (Å²) in [5.74, 6) is 0.369. The van der Waals surface area contributed by atoms with Crippen LogP contribution >= 0.6 is 15.9 Å². The van der Waals surface area contributed by atoms with Gasteiger partial charge in [-0.25, -0.2) is 9.37 Å². The minimum atomic E-state index is -0.427. The van der Waals surface area contributed by atoms with Gasteiger partial charge in [0.25, 0.3) is 0 Å². The van der Waals surface area contributed by atoms with Crippen molar-refractivity contribution < 1.29 is 9.13 Å². The number of nitrogen functional groups attached to an aromatic ring is 1. The summed E-state index contributed by atoms with van der Waals surface area (Å²) in [4.78, 5) is 7.84. The van der Waals surface area contributed by atoms with Crippen LogP contribution in [0.3, 0.4) is 0 Å². The SMILES string of the molecule is COc1cc(Nc2nc(N)ncc2Br)ccc1F. The van der Waals surface area contributed by atoms with Gasteiger partial charge in [-0.1, -0.05) is 0 Å². The van der Waals surface area contributed by atoms with Gasteiger partial charge in [-0.15, -0.1) is 0 Å². The van der Waals surface area contributed by atoms with Crippen molar-refractivity contribution in [2.75, 3.05) is 18.2 Å². The van der Waals surface area contributed by atoms with Crippen LogP contribution in [0.25, 0.3) is 0 Å². The summed E-state index contributed by atoms with van der Waals surface area (Å²) < 4.78 is 18.8. The Morgan fingerprint density at radius 1 is 1.44 bits per heavy atom. The highest BCUT2D eigenvalue weighted by molar-refractivity contribution is 9.10. The fourth-order valence-corrected chi connectivity index (χ4v) is 1.63. The second-order valence-electron chi connectivity index (χ2n) is 3.40. The number of nitrogens with one attached hydrogen (secondary N) is 1. The first kappa shape index (κ1) is 12.6. The number of anilines is 3. The quantitative estimate of drug-likeness (QED) is 0.911. The molecular weight excluding hydrogens is 303 g/mol. The molecule has 7 heteroatoms. The van der Waals surface area contributed by atoms with Crippen molar-refractivity contribution in [3.05, 3.63) is 34.7 Å². The summed E-state index contributed by atoms with van der Waals surface area (Å²) in [6, 6.07) is 4.41. The number of nitrogens with zero attached hydrogens (tertiary/aromatic N) is 2. The maximum Gasteiger partial charge on any atom is 0.222 e. The Morgan fingerprint density at radius 3 is 2.94 bits per heavy atom. The van der Waals surface area contributed by atoms with Crippen molar-refractivity contribution in [2.45, 2.75) is 0 Å². The summed E-state index contributed by atoms with van der Waals surface area (Å²) in [6.07, 6.45) is 1.53. The lowest BCUT2D eigenvalue weighted by molar-refractivity contribution is 0.387. The first-order chi connectivity index (χ1) is 8.60. The highest BCUT2D eigenvalue weighted by Gasteiger charge is 2.07. The Hall–Kier alpha value is -1.89. The molecule has 0 aliphatic heterocycles. The van der Waals surface area contributed by atoms with Crippen molar-refractivity contribution in [3.63, 3.8) is 0 Å². The van der Waals surface area contributed by atoms with Gasteiger partial charge in [-0.2, -0.15) is 4.98 Å². The Labute approximate surface area is 111 Å². The first-order valence-electron chi connectivity index (χ1n) is 4.98. The minimum Gasteiger partial charge on any atom is -0.494 e. The second-order valence-corrected chi connectivity index (χ2v) is 4.25. The fraction of sp³-hybridized carbons (Fsp3) is 0.0909. The monoisotopic (exact) mass is 312 g/mol. The van der Waals surface area contributed by atoms with E-state index >= 15 is 0 Å². The molecule has 1 heterocycles. The largest absolute Gasteiger partial charge is 0.494 e. The predicted octanol–water partition coefficient (Wildman–Crippen LogP) is 2.71. The molecule has 0 amide bonds. The summed E-state index contributed by atoms with van der Waals surface area (Å²) in [5.41, 5.74) is 6.13. The van der Waals surface area contributed by atoms with Gasteiger partial charge in [-0.3, -0.25) is 0 Å². The van der Waals surface area contributed by atoms with Gasteiger partial charge >= 0.3 is 0 Å². The van der Waals surface area contributed by atoms with Gasteiger partial charge < -0.3 is 15.8 Å². The van der Waals surface area contributed by atoms with Crippen LogP contribution in [0.4, 0.5) is 21.8 Å². The number of hydrogen-bond acceptors (Lipinski definition) is 5. The van der Waals surface area contributed by atoms with Gasteiger partial charge in [0.1, 0.15) is 5.82 Å². The molecule has 0 spiro atoms. The predicted molar refractivity (Wildman–Crippen MR) is 70.4 cm³/mol. The number of methoxy groups -OCH3 is 1. The third-order valence-corrected chi connectivity index (χ3v) is 2.76. The molecule has 2 rings (SSSR count). The van der Waals surface area contributed by atoms with Crippen molar-refractivity contribution in [1.29, 1.82) is 0 Å². The highest BCUT2D eigenvalue weighted by atomic mass is 79.9. The maximum absolute atomic E-state index is 13.2. The first-order valence-corrected chi connectivity index (χ1v) is 5.78. The van der Waals surface area contributed by atoms with Crippen LogP contribution in [0.1, 0.15) is 0 Å². The zero-order valence-electron chi connectivity index (χ0n) is 9.45. The number of hydrogen-bond donors (Lipinski definition) is 2. The Bertz CT molecular complexity index is 579. The second kappa shape index (κ2) is 5.18. The molecule has 1 aromatic carbocycles. The lowest BCUT2D eigenvalue weighted by atomic mass is 10.3. The van der Waals surface area contributed by atoms with Crippen molar-refractivity contribution in [1.82, 2.24) is 9.97 Å². The van der Waals surface area contributed by atoms with Gasteiger partial charge in [0.15, 0.2) is 11.6 Å². The molecule has 3 N–H and O–H groups in total. The van der Waals surface area contributed by atoms with Crippen molar-refractivity contribution >= 4 is 33.4 Å². The molecule has 0 saturated carbocycles. The molecule has 18 heavy (non-hydrogen) atoms. The van der Waals surface area contributed by atoms with E-state index in [-0.39, 0.29) is 11.7 Å². The molecule has 0 fully saturated rings. The lowest BCUT2D eigenvalue weighted by Crippen LogP contribution is -2.01.